The molecule has 0 aliphatic carbocycles. The van der Waals surface area contributed by atoms with Crippen LogP contribution in [0.2, 0.25) is 0 Å². The number of rotatable bonds is 4. The monoisotopic (exact) mass is 257 g/mol. The third-order valence-electron chi connectivity index (χ3n) is 3.37. The lowest BCUT2D eigenvalue weighted by Gasteiger charge is -2.06. The summed E-state index contributed by atoms with van der Waals surface area (Å²) in [4.78, 5) is 4.76. The Morgan fingerprint density at radius 3 is 2.26 bits per heavy atom. The van der Waals surface area contributed by atoms with Crippen molar-refractivity contribution in [3.8, 4) is 11.3 Å². The van der Waals surface area contributed by atoms with Gasteiger partial charge in [0.2, 0.25) is 0 Å². The minimum absolute atomic E-state index is 0.788. The zero-order valence-corrected chi connectivity index (χ0v) is 12.3. The Morgan fingerprint density at radius 2 is 1.74 bits per heavy atom. The normalized spacial score (nSPS) is 10.9. The summed E-state index contributed by atoms with van der Waals surface area (Å²) in [5.41, 5.74) is 10.8. The van der Waals surface area contributed by atoms with Crippen LogP contribution in [0.15, 0.2) is 18.2 Å². The molecule has 3 heteroatoms. The van der Waals surface area contributed by atoms with Gasteiger partial charge in [-0.25, -0.2) is 4.98 Å². The molecule has 3 nitrogen and oxygen atoms in total. The Kier molecular flexibility index (Phi) is 3.93. The number of aromatic nitrogens is 2. The molecule has 2 N–H and O–H groups in total. The molecule has 0 fully saturated rings. The molecule has 1 heterocycles. The number of anilines is 1. The molecule has 0 aliphatic heterocycles. The lowest BCUT2D eigenvalue weighted by Crippen LogP contribution is -2.05. The highest BCUT2D eigenvalue weighted by Gasteiger charge is 2.14. The van der Waals surface area contributed by atoms with Gasteiger partial charge < -0.3 is 10.3 Å². The third-order valence-corrected chi connectivity index (χ3v) is 3.37. The average Bonchev–Trinajstić information content (AvgIpc) is 2.65. The molecule has 1 aromatic heterocycles. The molecule has 0 aliphatic rings. The maximum absolute atomic E-state index is 6.28. The van der Waals surface area contributed by atoms with Gasteiger partial charge in [-0.2, -0.15) is 0 Å². The van der Waals surface area contributed by atoms with E-state index in [1.165, 1.54) is 11.1 Å². The van der Waals surface area contributed by atoms with Gasteiger partial charge in [0.1, 0.15) is 17.3 Å². The van der Waals surface area contributed by atoms with Crippen LogP contribution < -0.4 is 5.73 Å². The zero-order chi connectivity index (χ0) is 14.0. The van der Waals surface area contributed by atoms with Gasteiger partial charge in [0.05, 0.1) is 0 Å². The smallest absolute Gasteiger partial charge is 0.131 e. The van der Waals surface area contributed by atoms with Gasteiger partial charge in [0.15, 0.2) is 0 Å². The van der Waals surface area contributed by atoms with E-state index in [0.717, 1.165) is 42.3 Å². The summed E-state index contributed by atoms with van der Waals surface area (Å²) >= 11 is 0. The van der Waals surface area contributed by atoms with Crippen LogP contribution in [-0.2, 0) is 13.0 Å². The number of hydrogen-bond acceptors (Lipinski definition) is 2. The second-order valence-electron chi connectivity index (χ2n) is 5.13. The van der Waals surface area contributed by atoms with Crippen LogP contribution in [0.1, 0.15) is 37.2 Å². The second kappa shape index (κ2) is 5.47. The Balaban J connectivity index is 2.55. The highest BCUT2D eigenvalue weighted by molar-refractivity contribution is 5.72. The first-order valence-corrected chi connectivity index (χ1v) is 7.00. The molecule has 1 aromatic carbocycles. The molecule has 0 atom stereocenters. The molecular formula is C16H23N3. The molecule has 0 saturated carbocycles. The van der Waals surface area contributed by atoms with Gasteiger partial charge in [-0.1, -0.05) is 24.1 Å². The summed E-state index contributed by atoms with van der Waals surface area (Å²) in [5.74, 6) is 1.88. The zero-order valence-electron chi connectivity index (χ0n) is 12.3. The Hall–Kier alpha value is -1.77. The van der Waals surface area contributed by atoms with Crippen LogP contribution in [-0.4, -0.2) is 9.55 Å². The topological polar surface area (TPSA) is 43.8 Å². The number of nitrogen functional groups attached to an aromatic ring is 1. The van der Waals surface area contributed by atoms with E-state index in [0.29, 0.717) is 0 Å². The largest absolute Gasteiger partial charge is 0.383 e. The molecule has 19 heavy (non-hydrogen) atoms. The quantitative estimate of drug-likeness (QED) is 0.907. The standard InChI is InChI=1S/C16H23N3/c1-5-7-14-18-15(16(17)19(14)6-2)13-9-11(3)8-12(4)10-13/h8-10H,5-7,17H2,1-4H3. The summed E-state index contributed by atoms with van der Waals surface area (Å²) in [6.07, 6.45) is 2.06. The van der Waals surface area contributed by atoms with Gasteiger partial charge >= 0.3 is 0 Å². The van der Waals surface area contributed by atoms with Crippen LogP contribution in [0, 0.1) is 13.8 Å². The van der Waals surface area contributed by atoms with Crippen molar-refractivity contribution in [1.29, 1.82) is 0 Å². The summed E-state index contributed by atoms with van der Waals surface area (Å²) < 4.78 is 2.12. The number of imidazole rings is 1. The van der Waals surface area contributed by atoms with Crippen LogP contribution >= 0.6 is 0 Å². The molecule has 0 spiro atoms. The highest BCUT2D eigenvalue weighted by atomic mass is 15.1. The van der Waals surface area contributed by atoms with Crippen molar-refractivity contribution in [3.63, 3.8) is 0 Å². The molecule has 0 radical (unpaired) electrons. The van der Waals surface area contributed by atoms with E-state index in [2.05, 4.69) is 50.5 Å². The fraction of sp³-hybridized carbons (Fsp3) is 0.438. The Bertz CT molecular complexity index is 562. The van der Waals surface area contributed by atoms with Crippen molar-refractivity contribution < 1.29 is 0 Å². The SMILES string of the molecule is CCCc1nc(-c2cc(C)cc(C)c2)c(N)n1CC. The van der Waals surface area contributed by atoms with Gasteiger partial charge in [-0.15, -0.1) is 0 Å². The first-order chi connectivity index (χ1) is 9.06. The van der Waals surface area contributed by atoms with E-state index < -0.39 is 0 Å². The van der Waals surface area contributed by atoms with Crippen molar-refractivity contribution in [2.45, 2.75) is 47.1 Å². The van der Waals surface area contributed by atoms with Crippen LogP contribution in [0.4, 0.5) is 5.82 Å². The van der Waals surface area contributed by atoms with Crippen molar-refractivity contribution in [1.82, 2.24) is 9.55 Å². The van der Waals surface area contributed by atoms with Gasteiger partial charge in [-0.3, -0.25) is 0 Å². The number of aryl methyl sites for hydroxylation is 3. The fourth-order valence-corrected chi connectivity index (χ4v) is 2.60. The van der Waals surface area contributed by atoms with E-state index in [1.807, 2.05) is 0 Å². The first kappa shape index (κ1) is 13.7. The number of benzene rings is 1. The second-order valence-corrected chi connectivity index (χ2v) is 5.13. The summed E-state index contributed by atoms with van der Waals surface area (Å²) in [6, 6.07) is 6.48. The predicted octanol–water partition coefficient (Wildman–Crippen LogP) is 3.72. The highest BCUT2D eigenvalue weighted by Crippen LogP contribution is 2.28. The van der Waals surface area contributed by atoms with Crippen LogP contribution in [0.25, 0.3) is 11.3 Å². The van der Waals surface area contributed by atoms with Crippen LogP contribution in [0.3, 0.4) is 0 Å². The van der Waals surface area contributed by atoms with E-state index in [4.69, 9.17) is 10.7 Å². The van der Waals surface area contributed by atoms with Gasteiger partial charge in [0, 0.05) is 18.5 Å². The Morgan fingerprint density at radius 1 is 1.11 bits per heavy atom. The molecule has 2 rings (SSSR count). The van der Waals surface area contributed by atoms with Crippen molar-refractivity contribution in [2.24, 2.45) is 0 Å². The first-order valence-electron chi connectivity index (χ1n) is 7.00. The van der Waals surface area contributed by atoms with E-state index in [-0.39, 0.29) is 0 Å². The molecule has 0 saturated heterocycles. The Labute approximate surface area is 115 Å². The molecule has 0 unspecified atom stereocenters. The number of nitrogens with two attached hydrogens (primary N) is 1. The third kappa shape index (κ3) is 2.65. The fourth-order valence-electron chi connectivity index (χ4n) is 2.60. The number of nitrogens with zero attached hydrogens (tertiary/aromatic N) is 2. The molecule has 102 valence electrons. The average molecular weight is 257 g/mol. The van der Waals surface area contributed by atoms with Crippen molar-refractivity contribution >= 4 is 5.82 Å². The van der Waals surface area contributed by atoms with Crippen LogP contribution in [0.5, 0.6) is 0 Å². The summed E-state index contributed by atoms with van der Waals surface area (Å²) in [5, 5.41) is 0. The molecule has 0 bridgehead atoms. The molecule has 2 aromatic rings. The summed E-state index contributed by atoms with van der Waals surface area (Å²) in [6.45, 7) is 9.37. The number of hydrogen-bond donors (Lipinski definition) is 1. The summed E-state index contributed by atoms with van der Waals surface area (Å²) in [7, 11) is 0. The molecular weight excluding hydrogens is 234 g/mol. The minimum atomic E-state index is 0.788. The lowest BCUT2D eigenvalue weighted by molar-refractivity contribution is 0.690. The predicted molar refractivity (Wildman–Crippen MR) is 81.2 cm³/mol. The lowest BCUT2D eigenvalue weighted by atomic mass is 10.1. The van der Waals surface area contributed by atoms with E-state index in [9.17, 15) is 0 Å². The maximum atomic E-state index is 6.28. The van der Waals surface area contributed by atoms with E-state index in [1.54, 1.807) is 0 Å². The van der Waals surface area contributed by atoms with E-state index >= 15 is 0 Å². The maximum Gasteiger partial charge on any atom is 0.131 e. The molecule has 0 amide bonds. The van der Waals surface area contributed by atoms with Gasteiger partial charge in [-0.05, 0) is 39.3 Å². The van der Waals surface area contributed by atoms with Crippen molar-refractivity contribution in [2.75, 3.05) is 5.73 Å². The minimum Gasteiger partial charge on any atom is -0.383 e. The van der Waals surface area contributed by atoms with Crippen molar-refractivity contribution in [3.05, 3.63) is 35.2 Å². The van der Waals surface area contributed by atoms with Gasteiger partial charge in [0.25, 0.3) is 0 Å².